The molecule has 0 radical (unpaired) electrons. The molecule has 9 heteroatoms. The summed E-state index contributed by atoms with van der Waals surface area (Å²) in [4.78, 5) is 19.2. The SMILES string of the molecule is CCc1[nH]c2nc(SCc3ccc(N)nc3)nc(N3CC[C@@H](N)C3)c2c1Cl. The van der Waals surface area contributed by atoms with E-state index in [4.69, 9.17) is 33.0 Å². The molecule has 1 fully saturated rings. The van der Waals surface area contributed by atoms with Crippen LogP contribution >= 0.6 is 23.4 Å². The second kappa shape index (κ2) is 7.53. The minimum absolute atomic E-state index is 0.162. The Hall–Kier alpha value is -2.03. The fraction of sp³-hybridized carbons (Fsp3) is 0.389. The summed E-state index contributed by atoms with van der Waals surface area (Å²) in [6.45, 7) is 3.72. The molecule has 0 saturated carbocycles. The zero-order chi connectivity index (χ0) is 19.0. The lowest BCUT2D eigenvalue weighted by Crippen LogP contribution is -2.27. The Bertz CT molecular complexity index is 956. The van der Waals surface area contributed by atoms with E-state index in [9.17, 15) is 0 Å². The first-order valence-corrected chi connectivity index (χ1v) is 10.3. The number of nitrogens with zero attached hydrogens (tertiary/aromatic N) is 4. The van der Waals surface area contributed by atoms with Gasteiger partial charge in [0.25, 0.3) is 0 Å². The molecule has 142 valence electrons. The average molecular weight is 404 g/mol. The van der Waals surface area contributed by atoms with Crippen molar-refractivity contribution in [2.45, 2.75) is 36.7 Å². The molecule has 5 N–H and O–H groups in total. The van der Waals surface area contributed by atoms with E-state index >= 15 is 0 Å². The second-order valence-electron chi connectivity index (χ2n) is 6.70. The van der Waals surface area contributed by atoms with Crippen molar-refractivity contribution in [3.8, 4) is 0 Å². The third-order valence-corrected chi connectivity index (χ3v) is 6.05. The predicted molar refractivity (Wildman–Crippen MR) is 111 cm³/mol. The number of nitrogen functional groups attached to an aromatic ring is 1. The van der Waals surface area contributed by atoms with Gasteiger partial charge in [-0.15, -0.1) is 0 Å². The number of hydrogen-bond acceptors (Lipinski definition) is 7. The number of nitrogens with two attached hydrogens (primary N) is 2. The number of aromatic nitrogens is 4. The topological polar surface area (TPSA) is 110 Å². The Morgan fingerprint density at radius 3 is 2.89 bits per heavy atom. The molecule has 7 nitrogen and oxygen atoms in total. The molecule has 0 unspecified atom stereocenters. The van der Waals surface area contributed by atoms with Crippen molar-refractivity contribution >= 4 is 46.0 Å². The van der Waals surface area contributed by atoms with Gasteiger partial charge in [0.1, 0.15) is 17.3 Å². The molecule has 1 saturated heterocycles. The summed E-state index contributed by atoms with van der Waals surface area (Å²) in [6, 6.07) is 3.93. The van der Waals surface area contributed by atoms with E-state index in [0.29, 0.717) is 21.7 Å². The van der Waals surface area contributed by atoms with E-state index in [-0.39, 0.29) is 6.04 Å². The molecule has 0 aromatic carbocycles. The zero-order valence-electron chi connectivity index (χ0n) is 15.1. The van der Waals surface area contributed by atoms with Gasteiger partial charge < -0.3 is 21.4 Å². The van der Waals surface area contributed by atoms with Crippen molar-refractivity contribution in [1.82, 2.24) is 19.9 Å². The molecule has 27 heavy (non-hydrogen) atoms. The monoisotopic (exact) mass is 403 g/mol. The van der Waals surface area contributed by atoms with Crippen molar-refractivity contribution < 1.29 is 0 Å². The molecule has 4 rings (SSSR count). The summed E-state index contributed by atoms with van der Waals surface area (Å²) in [7, 11) is 0. The van der Waals surface area contributed by atoms with E-state index in [1.54, 1.807) is 24.0 Å². The summed E-state index contributed by atoms with van der Waals surface area (Å²) in [5.41, 5.74) is 14.6. The van der Waals surface area contributed by atoms with E-state index in [0.717, 1.165) is 54.0 Å². The lowest BCUT2D eigenvalue weighted by Gasteiger charge is -2.18. The van der Waals surface area contributed by atoms with E-state index < -0.39 is 0 Å². The van der Waals surface area contributed by atoms with Gasteiger partial charge in [0.05, 0.1) is 10.4 Å². The fourth-order valence-corrected chi connectivity index (χ4v) is 4.38. The largest absolute Gasteiger partial charge is 0.384 e. The minimum Gasteiger partial charge on any atom is -0.384 e. The quantitative estimate of drug-likeness (QED) is 0.443. The van der Waals surface area contributed by atoms with Crippen molar-refractivity contribution in [2.24, 2.45) is 5.73 Å². The number of thioether (sulfide) groups is 1. The van der Waals surface area contributed by atoms with Crippen molar-refractivity contribution in [1.29, 1.82) is 0 Å². The second-order valence-corrected chi connectivity index (χ2v) is 8.02. The number of fused-ring (bicyclic) bond motifs is 1. The Kier molecular flexibility index (Phi) is 5.12. The molecule has 0 amide bonds. The summed E-state index contributed by atoms with van der Waals surface area (Å²) in [6.07, 6.45) is 3.55. The molecule has 0 spiro atoms. The fourth-order valence-electron chi connectivity index (χ4n) is 3.26. The van der Waals surface area contributed by atoms with Crippen LogP contribution in [0.1, 0.15) is 24.6 Å². The van der Waals surface area contributed by atoms with Crippen LogP contribution in [0.25, 0.3) is 11.0 Å². The van der Waals surface area contributed by atoms with Crippen LogP contribution < -0.4 is 16.4 Å². The summed E-state index contributed by atoms with van der Waals surface area (Å²) >= 11 is 8.19. The summed E-state index contributed by atoms with van der Waals surface area (Å²) in [5, 5.41) is 2.30. The van der Waals surface area contributed by atoms with Gasteiger partial charge >= 0.3 is 0 Å². The van der Waals surface area contributed by atoms with E-state index in [2.05, 4.69) is 21.8 Å². The van der Waals surface area contributed by atoms with Gasteiger partial charge in [0.15, 0.2) is 5.16 Å². The van der Waals surface area contributed by atoms with Gasteiger partial charge in [-0.1, -0.05) is 36.4 Å². The maximum absolute atomic E-state index is 6.62. The molecular formula is C18H22ClN7S. The highest BCUT2D eigenvalue weighted by atomic mass is 35.5. The molecule has 3 aromatic rings. The Labute approximate surface area is 166 Å². The van der Waals surface area contributed by atoms with Gasteiger partial charge in [-0.05, 0) is 24.5 Å². The first-order valence-electron chi connectivity index (χ1n) is 8.97. The van der Waals surface area contributed by atoms with Crippen LogP contribution in [0.3, 0.4) is 0 Å². The predicted octanol–water partition coefficient (Wildman–Crippen LogP) is 2.98. The molecule has 1 aliphatic rings. The number of rotatable bonds is 5. The number of hydrogen-bond donors (Lipinski definition) is 3. The van der Waals surface area contributed by atoms with Crippen molar-refractivity contribution in [3.63, 3.8) is 0 Å². The Morgan fingerprint density at radius 1 is 1.37 bits per heavy atom. The van der Waals surface area contributed by atoms with E-state index in [1.165, 1.54) is 0 Å². The minimum atomic E-state index is 0.162. The van der Waals surface area contributed by atoms with Gasteiger partial charge in [0.2, 0.25) is 0 Å². The number of aryl methyl sites for hydroxylation is 1. The third-order valence-electron chi connectivity index (χ3n) is 4.72. The van der Waals surface area contributed by atoms with Crippen LogP contribution in [-0.4, -0.2) is 39.1 Å². The van der Waals surface area contributed by atoms with Crippen LogP contribution in [-0.2, 0) is 12.2 Å². The highest BCUT2D eigenvalue weighted by molar-refractivity contribution is 7.98. The number of aromatic amines is 1. The van der Waals surface area contributed by atoms with Gasteiger partial charge in [0, 0.05) is 36.8 Å². The van der Waals surface area contributed by atoms with Gasteiger partial charge in [-0.2, -0.15) is 0 Å². The summed E-state index contributed by atoms with van der Waals surface area (Å²) in [5.74, 6) is 2.10. The number of nitrogens with one attached hydrogen (secondary N) is 1. The number of halogens is 1. The van der Waals surface area contributed by atoms with Crippen LogP contribution in [0, 0.1) is 0 Å². The maximum Gasteiger partial charge on any atom is 0.191 e. The Morgan fingerprint density at radius 2 is 2.22 bits per heavy atom. The number of H-pyrrole nitrogens is 1. The molecular weight excluding hydrogens is 382 g/mol. The number of pyridine rings is 1. The lowest BCUT2D eigenvalue weighted by molar-refractivity contribution is 0.751. The molecule has 4 heterocycles. The zero-order valence-corrected chi connectivity index (χ0v) is 16.6. The van der Waals surface area contributed by atoms with Crippen LogP contribution in [0.15, 0.2) is 23.5 Å². The van der Waals surface area contributed by atoms with Gasteiger partial charge in [-0.25, -0.2) is 15.0 Å². The molecule has 1 aliphatic heterocycles. The molecule has 3 aromatic heterocycles. The standard InChI is InChI=1S/C18H22ClN7S/c1-2-12-15(19)14-16(23-12)24-18(25-17(14)26-6-5-11(20)8-26)27-9-10-3-4-13(21)22-7-10/h3-4,7,11H,2,5-6,8-9,20H2,1H3,(H2,21,22)(H,23,24,25)/t11-/m1/s1. The third kappa shape index (κ3) is 3.69. The van der Waals surface area contributed by atoms with Crippen LogP contribution in [0.5, 0.6) is 0 Å². The highest BCUT2D eigenvalue weighted by Gasteiger charge is 2.26. The molecule has 0 bridgehead atoms. The molecule has 1 atom stereocenters. The first kappa shape index (κ1) is 18.3. The van der Waals surface area contributed by atoms with Crippen LogP contribution in [0.2, 0.25) is 5.02 Å². The Balaban J connectivity index is 1.69. The lowest BCUT2D eigenvalue weighted by atomic mass is 10.3. The van der Waals surface area contributed by atoms with Gasteiger partial charge in [-0.3, -0.25) is 0 Å². The summed E-state index contributed by atoms with van der Waals surface area (Å²) < 4.78 is 0. The maximum atomic E-state index is 6.62. The first-order chi connectivity index (χ1) is 13.0. The van der Waals surface area contributed by atoms with Crippen molar-refractivity contribution in [2.75, 3.05) is 23.7 Å². The van der Waals surface area contributed by atoms with E-state index in [1.807, 2.05) is 6.07 Å². The van der Waals surface area contributed by atoms with Crippen molar-refractivity contribution in [3.05, 3.63) is 34.6 Å². The normalized spacial score (nSPS) is 17.1. The molecule has 0 aliphatic carbocycles. The average Bonchev–Trinajstić information content (AvgIpc) is 3.24. The highest BCUT2D eigenvalue weighted by Crippen LogP contribution is 2.36. The number of anilines is 2. The smallest absolute Gasteiger partial charge is 0.191 e. The van der Waals surface area contributed by atoms with Crippen LogP contribution in [0.4, 0.5) is 11.6 Å².